The van der Waals surface area contributed by atoms with Gasteiger partial charge in [0.05, 0.1) is 19.3 Å². The molecule has 7 nitrogen and oxygen atoms in total. The Morgan fingerprint density at radius 2 is 1.76 bits per heavy atom. The maximum Gasteiger partial charge on any atom is 0.246 e. The van der Waals surface area contributed by atoms with Gasteiger partial charge in [-0.3, -0.25) is 19.4 Å². The molecule has 0 radical (unpaired) electrons. The van der Waals surface area contributed by atoms with Crippen molar-refractivity contribution in [2.45, 2.75) is 45.7 Å². The standard InChI is InChI=1S/C27H38N4O3/c1-20-12-13-23(34-5)22(18-20)28-26(33)25(21-10-7-6-8-11-21)31-15-9-14-30(16-17-31)19-24(32)29-27(2,3)4/h6-8,10-13,18,25H,9,14-17,19H2,1-5H3,(H,28,33)(H,29,32). The Kier molecular flexibility index (Phi) is 8.69. The summed E-state index contributed by atoms with van der Waals surface area (Å²) in [6.45, 7) is 11.3. The SMILES string of the molecule is COc1ccc(C)cc1NC(=O)C(c1ccccc1)N1CCCN(CC(=O)NC(C)(C)C)CC1. The number of hydrogen-bond acceptors (Lipinski definition) is 5. The predicted molar refractivity (Wildman–Crippen MR) is 136 cm³/mol. The van der Waals surface area contributed by atoms with E-state index in [1.807, 2.05) is 76.2 Å². The molecule has 7 heteroatoms. The van der Waals surface area contributed by atoms with Gasteiger partial charge in [-0.15, -0.1) is 0 Å². The van der Waals surface area contributed by atoms with Crippen LogP contribution in [-0.4, -0.2) is 67.0 Å². The van der Waals surface area contributed by atoms with Crippen molar-refractivity contribution in [2.75, 3.05) is 45.2 Å². The number of rotatable bonds is 7. The van der Waals surface area contributed by atoms with Crippen LogP contribution in [-0.2, 0) is 9.59 Å². The first-order valence-corrected chi connectivity index (χ1v) is 11.9. The zero-order chi connectivity index (χ0) is 24.7. The van der Waals surface area contributed by atoms with Crippen LogP contribution in [0.15, 0.2) is 48.5 Å². The van der Waals surface area contributed by atoms with Crippen LogP contribution in [0.1, 0.15) is 44.4 Å². The fourth-order valence-corrected chi connectivity index (χ4v) is 4.35. The summed E-state index contributed by atoms with van der Waals surface area (Å²) in [6, 6.07) is 15.2. The quantitative estimate of drug-likeness (QED) is 0.652. The van der Waals surface area contributed by atoms with Crippen LogP contribution in [0.5, 0.6) is 5.75 Å². The van der Waals surface area contributed by atoms with Crippen LogP contribution in [0, 0.1) is 6.92 Å². The topological polar surface area (TPSA) is 73.9 Å². The van der Waals surface area contributed by atoms with Gasteiger partial charge in [0.25, 0.3) is 0 Å². The Morgan fingerprint density at radius 1 is 1.03 bits per heavy atom. The largest absolute Gasteiger partial charge is 0.495 e. The number of hydrogen-bond donors (Lipinski definition) is 2. The van der Waals surface area contributed by atoms with E-state index in [2.05, 4.69) is 20.4 Å². The Labute approximate surface area is 203 Å². The molecule has 0 spiro atoms. The summed E-state index contributed by atoms with van der Waals surface area (Å²) in [7, 11) is 1.61. The molecule has 184 valence electrons. The third kappa shape index (κ3) is 7.30. The molecule has 0 bridgehead atoms. The van der Waals surface area contributed by atoms with Crippen LogP contribution in [0.2, 0.25) is 0 Å². The number of carbonyl (C=O) groups is 2. The lowest BCUT2D eigenvalue weighted by molar-refractivity contribution is -0.124. The van der Waals surface area contributed by atoms with E-state index in [1.165, 1.54) is 0 Å². The smallest absolute Gasteiger partial charge is 0.246 e. The number of ether oxygens (including phenoxy) is 1. The fraction of sp³-hybridized carbons (Fsp3) is 0.481. The fourth-order valence-electron chi connectivity index (χ4n) is 4.35. The van der Waals surface area contributed by atoms with Crippen LogP contribution in [0.4, 0.5) is 5.69 Å². The first-order valence-electron chi connectivity index (χ1n) is 11.9. The highest BCUT2D eigenvalue weighted by molar-refractivity contribution is 5.96. The van der Waals surface area contributed by atoms with Crippen molar-refractivity contribution in [3.05, 3.63) is 59.7 Å². The summed E-state index contributed by atoms with van der Waals surface area (Å²) >= 11 is 0. The van der Waals surface area contributed by atoms with Gasteiger partial charge in [0.15, 0.2) is 0 Å². The average Bonchev–Trinajstić information content (AvgIpc) is 2.99. The Morgan fingerprint density at radius 3 is 2.44 bits per heavy atom. The number of methoxy groups -OCH3 is 1. The summed E-state index contributed by atoms with van der Waals surface area (Å²) in [6.07, 6.45) is 0.882. The molecule has 1 atom stereocenters. The number of aryl methyl sites for hydroxylation is 1. The van der Waals surface area contributed by atoms with E-state index >= 15 is 0 Å². The molecular formula is C27H38N4O3. The Balaban J connectivity index is 1.76. The highest BCUT2D eigenvalue weighted by Crippen LogP contribution is 2.29. The normalized spacial score (nSPS) is 16.4. The van der Waals surface area contributed by atoms with Gasteiger partial charge < -0.3 is 15.4 Å². The van der Waals surface area contributed by atoms with Gasteiger partial charge in [0.2, 0.25) is 11.8 Å². The molecule has 1 fully saturated rings. The van der Waals surface area contributed by atoms with E-state index in [1.54, 1.807) is 7.11 Å². The first-order chi connectivity index (χ1) is 16.2. The van der Waals surface area contributed by atoms with E-state index in [4.69, 9.17) is 4.74 Å². The monoisotopic (exact) mass is 466 g/mol. The third-order valence-electron chi connectivity index (χ3n) is 5.85. The van der Waals surface area contributed by atoms with E-state index in [0.717, 1.165) is 37.2 Å². The number of anilines is 1. The zero-order valence-corrected chi connectivity index (χ0v) is 21.1. The third-order valence-corrected chi connectivity index (χ3v) is 5.85. The second kappa shape index (κ2) is 11.5. The molecule has 2 aromatic carbocycles. The van der Waals surface area contributed by atoms with Crippen LogP contribution < -0.4 is 15.4 Å². The molecule has 1 aliphatic rings. The van der Waals surface area contributed by atoms with E-state index in [-0.39, 0.29) is 17.4 Å². The minimum Gasteiger partial charge on any atom is -0.495 e. The maximum atomic E-state index is 13.6. The second-order valence-electron chi connectivity index (χ2n) is 9.97. The summed E-state index contributed by atoms with van der Waals surface area (Å²) in [5.74, 6) is 0.580. The number of carbonyl (C=O) groups excluding carboxylic acids is 2. The summed E-state index contributed by atoms with van der Waals surface area (Å²) in [5.41, 5.74) is 2.42. The van der Waals surface area contributed by atoms with Gasteiger partial charge in [-0.25, -0.2) is 0 Å². The minimum absolute atomic E-state index is 0.0323. The van der Waals surface area contributed by atoms with Gasteiger partial charge in [-0.05, 0) is 63.9 Å². The van der Waals surface area contributed by atoms with Crippen molar-refractivity contribution < 1.29 is 14.3 Å². The summed E-state index contributed by atoms with van der Waals surface area (Å²) in [4.78, 5) is 30.5. The molecule has 34 heavy (non-hydrogen) atoms. The maximum absolute atomic E-state index is 13.6. The molecule has 1 aliphatic heterocycles. The van der Waals surface area contributed by atoms with Crippen LogP contribution in [0.25, 0.3) is 0 Å². The molecular weight excluding hydrogens is 428 g/mol. The number of nitrogens with zero attached hydrogens (tertiary/aromatic N) is 2. The minimum atomic E-state index is -0.435. The van der Waals surface area contributed by atoms with Gasteiger partial charge in [-0.2, -0.15) is 0 Å². The second-order valence-corrected chi connectivity index (χ2v) is 9.97. The lowest BCUT2D eigenvalue weighted by Gasteiger charge is -2.30. The average molecular weight is 467 g/mol. The van der Waals surface area contributed by atoms with E-state index < -0.39 is 6.04 Å². The number of benzene rings is 2. The predicted octanol–water partition coefficient (Wildman–Crippen LogP) is 3.61. The van der Waals surface area contributed by atoms with Gasteiger partial charge in [0, 0.05) is 25.2 Å². The Hall–Kier alpha value is -2.90. The first kappa shape index (κ1) is 25.7. The molecule has 1 heterocycles. The molecule has 1 saturated heterocycles. The molecule has 2 aromatic rings. The molecule has 1 unspecified atom stereocenters. The zero-order valence-electron chi connectivity index (χ0n) is 21.1. The molecule has 0 aromatic heterocycles. The molecule has 0 saturated carbocycles. The van der Waals surface area contributed by atoms with Crippen molar-refractivity contribution in [2.24, 2.45) is 0 Å². The van der Waals surface area contributed by atoms with Crippen molar-refractivity contribution in [1.29, 1.82) is 0 Å². The number of amides is 2. The highest BCUT2D eigenvalue weighted by Gasteiger charge is 2.30. The van der Waals surface area contributed by atoms with E-state index in [9.17, 15) is 9.59 Å². The van der Waals surface area contributed by atoms with Crippen molar-refractivity contribution >= 4 is 17.5 Å². The number of nitrogens with one attached hydrogen (secondary N) is 2. The highest BCUT2D eigenvalue weighted by atomic mass is 16.5. The van der Waals surface area contributed by atoms with E-state index in [0.29, 0.717) is 24.5 Å². The van der Waals surface area contributed by atoms with Gasteiger partial charge >= 0.3 is 0 Å². The molecule has 3 rings (SSSR count). The van der Waals surface area contributed by atoms with Crippen LogP contribution >= 0.6 is 0 Å². The summed E-state index contributed by atoms with van der Waals surface area (Å²) < 4.78 is 5.46. The molecule has 0 aliphatic carbocycles. The lowest BCUT2D eigenvalue weighted by atomic mass is 10.0. The summed E-state index contributed by atoms with van der Waals surface area (Å²) in [5, 5.41) is 6.14. The van der Waals surface area contributed by atoms with Crippen molar-refractivity contribution in [1.82, 2.24) is 15.1 Å². The molecule has 2 N–H and O–H groups in total. The van der Waals surface area contributed by atoms with Gasteiger partial charge in [0.1, 0.15) is 11.8 Å². The van der Waals surface area contributed by atoms with Crippen molar-refractivity contribution in [3.63, 3.8) is 0 Å². The van der Waals surface area contributed by atoms with Crippen LogP contribution in [0.3, 0.4) is 0 Å². The van der Waals surface area contributed by atoms with Crippen molar-refractivity contribution in [3.8, 4) is 5.75 Å². The Bertz CT molecular complexity index is 972. The lowest BCUT2D eigenvalue weighted by Crippen LogP contribution is -2.46. The molecule has 2 amide bonds. The van der Waals surface area contributed by atoms with Gasteiger partial charge in [-0.1, -0.05) is 36.4 Å².